The van der Waals surface area contributed by atoms with Crippen molar-refractivity contribution in [3.8, 4) is 11.5 Å². The zero-order valence-corrected chi connectivity index (χ0v) is 16.0. The molecule has 3 aromatic rings. The molecule has 0 unspecified atom stereocenters. The minimum Gasteiger partial charge on any atom is -0.497 e. The summed E-state index contributed by atoms with van der Waals surface area (Å²) in [6.07, 6.45) is 0.827. The van der Waals surface area contributed by atoms with Gasteiger partial charge >= 0.3 is 0 Å². The molecular formula is C21H22N4O3. The van der Waals surface area contributed by atoms with Gasteiger partial charge in [-0.15, -0.1) is 10.2 Å². The Morgan fingerprint density at radius 1 is 0.964 bits per heavy atom. The smallest absolute Gasteiger partial charge is 0.276 e. The van der Waals surface area contributed by atoms with Crippen molar-refractivity contribution in [1.29, 1.82) is 0 Å². The second-order valence-electron chi connectivity index (χ2n) is 5.96. The van der Waals surface area contributed by atoms with Crippen LogP contribution in [-0.2, 0) is 6.42 Å². The Morgan fingerprint density at radius 3 is 2.46 bits per heavy atom. The summed E-state index contributed by atoms with van der Waals surface area (Å²) in [5.74, 6) is 1.50. The van der Waals surface area contributed by atoms with Crippen LogP contribution in [0.3, 0.4) is 0 Å². The molecule has 7 nitrogen and oxygen atoms in total. The number of hydrogen-bond acceptors (Lipinski definition) is 6. The minimum atomic E-state index is -0.307. The Morgan fingerprint density at radius 2 is 1.79 bits per heavy atom. The van der Waals surface area contributed by atoms with E-state index in [0.717, 1.165) is 17.7 Å². The molecular weight excluding hydrogens is 356 g/mol. The number of aromatic nitrogens is 2. The third kappa shape index (κ3) is 4.37. The van der Waals surface area contributed by atoms with E-state index < -0.39 is 0 Å². The lowest BCUT2D eigenvalue weighted by molar-refractivity contribution is 0.102. The molecule has 28 heavy (non-hydrogen) atoms. The maximum atomic E-state index is 12.5. The highest BCUT2D eigenvalue weighted by Crippen LogP contribution is 2.30. The van der Waals surface area contributed by atoms with Crippen molar-refractivity contribution < 1.29 is 14.3 Å². The summed E-state index contributed by atoms with van der Waals surface area (Å²) in [7, 11) is 3.18. The maximum Gasteiger partial charge on any atom is 0.276 e. The molecule has 0 aliphatic heterocycles. The average Bonchev–Trinajstić information content (AvgIpc) is 2.74. The quantitative estimate of drug-likeness (QED) is 0.645. The Labute approximate surface area is 163 Å². The number of carbonyl (C=O) groups excluding carboxylic acids is 1. The summed E-state index contributed by atoms with van der Waals surface area (Å²) in [5.41, 5.74) is 2.76. The molecule has 0 aliphatic rings. The van der Waals surface area contributed by atoms with Crippen LogP contribution in [0.4, 0.5) is 17.2 Å². The van der Waals surface area contributed by atoms with Crippen molar-refractivity contribution in [2.24, 2.45) is 0 Å². The highest BCUT2D eigenvalue weighted by Gasteiger charge is 2.12. The lowest BCUT2D eigenvalue weighted by Crippen LogP contribution is -2.15. The van der Waals surface area contributed by atoms with Gasteiger partial charge in [0.25, 0.3) is 5.91 Å². The van der Waals surface area contributed by atoms with E-state index in [4.69, 9.17) is 9.47 Å². The molecule has 2 N–H and O–H groups in total. The van der Waals surface area contributed by atoms with Crippen molar-refractivity contribution in [2.75, 3.05) is 24.9 Å². The number of nitrogens with one attached hydrogen (secondary N) is 2. The van der Waals surface area contributed by atoms with Gasteiger partial charge in [0, 0.05) is 11.8 Å². The van der Waals surface area contributed by atoms with Gasteiger partial charge in [0.1, 0.15) is 11.5 Å². The van der Waals surface area contributed by atoms with Crippen LogP contribution in [0.5, 0.6) is 11.5 Å². The van der Waals surface area contributed by atoms with Crippen molar-refractivity contribution in [2.45, 2.75) is 13.3 Å². The van der Waals surface area contributed by atoms with Crippen LogP contribution < -0.4 is 20.1 Å². The standard InChI is InChI=1S/C21H22N4O3/c1-4-14-7-5-6-8-16(14)23-21(26)17-10-12-20(25-24-17)22-18-13-15(27-2)9-11-19(18)28-3/h5-13H,4H2,1-3H3,(H,22,25)(H,23,26). The summed E-state index contributed by atoms with van der Waals surface area (Å²) >= 11 is 0. The molecule has 144 valence electrons. The molecule has 0 bridgehead atoms. The summed E-state index contributed by atoms with van der Waals surface area (Å²) in [5, 5.41) is 14.1. The highest BCUT2D eigenvalue weighted by atomic mass is 16.5. The molecule has 0 fully saturated rings. The largest absolute Gasteiger partial charge is 0.497 e. The first kappa shape index (κ1) is 19.2. The molecule has 0 saturated heterocycles. The third-order valence-corrected chi connectivity index (χ3v) is 4.21. The third-order valence-electron chi connectivity index (χ3n) is 4.21. The van der Waals surface area contributed by atoms with E-state index in [1.54, 1.807) is 44.6 Å². The fourth-order valence-corrected chi connectivity index (χ4v) is 2.71. The van der Waals surface area contributed by atoms with Crippen LogP contribution in [0.2, 0.25) is 0 Å². The number of rotatable bonds is 7. The van der Waals surface area contributed by atoms with E-state index in [1.807, 2.05) is 31.2 Å². The predicted octanol–water partition coefficient (Wildman–Crippen LogP) is 4.05. The van der Waals surface area contributed by atoms with Crippen LogP contribution >= 0.6 is 0 Å². The first-order chi connectivity index (χ1) is 13.6. The van der Waals surface area contributed by atoms with Gasteiger partial charge in [-0.1, -0.05) is 25.1 Å². The molecule has 0 atom stereocenters. The number of carbonyl (C=O) groups is 1. The molecule has 1 amide bonds. The van der Waals surface area contributed by atoms with Crippen molar-refractivity contribution in [3.05, 3.63) is 65.9 Å². The Hall–Kier alpha value is -3.61. The van der Waals surface area contributed by atoms with Crippen molar-refractivity contribution in [3.63, 3.8) is 0 Å². The maximum absolute atomic E-state index is 12.5. The van der Waals surface area contributed by atoms with Gasteiger partial charge in [0.15, 0.2) is 11.5 Å². The monoisotopic (exact) mass is 378 g/mol. The summed E-state index contributed by atoms with van der Waals surface area (Å²) in [6.45, 7) is 2.04. The van der Waals surface area contributed by atoms with E-state index in [1.165, 1.54) is 0 Å². The molecule has 0 spiro atoms. The molecule has 1 heterocycles. The van der Waals surface area contributed by atoms with Crippen LogP contribution in [0.15, 0.2) is 54.6 Å². The molecule has 7 heteroatoms. The van der Waals surface area contributed by atoms with Crippen LogP contribution in [-0.4, -0.2) is 30.3 Å². The Balaban J connectivity index is 1.74. The Bertz CT molecular complexity index is 958. The average molecular weight is 378 g/mol. The lowest BCUT2D eigenvalue weighted by atomic mass is 10.1. The molecule has 3 rings (SSSR count). The van der Waals surface area contributed by atoms with Gasteiger partial charge in [-0.05, 0) is 42.3 Å². The van der Waals surface area contributed by atoms with Gasteiger partial charge in [-0.3, -0.25) is 4.79 Å². The summed E-state index contributed by atoms with van der Waals surface area (Å²) < 4.78 is 10.6. The fraction of sp³-hybridized carbons (Fsp3) is 0.190. The molecule has 1 aromatic heterocycles. The van der Waals surface area contributed by atoms with Crippen molar-refractivity contribution in [1.82, 2.24) is 10.2 Å². The second-order valence-corrected chi connectivity index (χ2v) is 5.96. The van der Waals surface area contributed by atoms with Gasteiger partial charge in [-0.25, -0.2) is 0 Å². The van der Waals surface area contributed by atoms with E-state index in [0.29, 0.717) is 23.0 Å². The van der Waals surface area contributed by atoms with Gasteiger partial charge in [0.2, 0.25) is 0 Å². The first-order valence-electron chi connectivity index (χ1n) is 8.86. The first-order valence-corrected chi connectivity index (χ1v) is 8.86. The number of anilines is 3. The number of methoxy groups -OCH3 is 2. The normalized spacial score (nSPS) is 10.2. The van der Waals surface area contributed by atoms with Crippen LogP contribution in [0, 0.1) is 0 Å². The number of nitrogens with zero attached hydrogens (tertiary/aromatic N) is 2. The Kier molecular flexibility index (Phi) is 6.06. The lowest BCUT2D eigenvalue weighted by Gasteiger charge is -2.12. The second kappa shape index (κ2) is 8.85. The van der Waals surface area contributed by atoms with E-state index in [9.17, 15) is 4.79 Å². The number of para-hydroxylation sites is 1. The SMILES string of the molecule is CCc1ccccc1NC(=O)c1ccc(Nc2cc(OC)ccc2OC)nn1. The number of aryl methyl sites for hydroxylation is 1. The van der Waals surface area contributed by atoms with E-state index in [2.05, 4.69) is 20.8 Å². The van der Waals surface area contributed by atoms with Gasteiger partial charge in [0.05, 0.1) is 19.9 Å². The van der Waals surface area contributed by atoms with Gasteiger partial charge in [-0.2, -0.15) is 0 Å². The number of ether oxygens (including phenoxy) is 2. The number of hydrogen-bond donors (Lipinski definition) is 2. The topological polar surface area (TPSA) is 85.4 Å². The van der Waals surface area contributed by atoms with Crippen LogP contribution in [0.1, 0.15) is 23.0 Å². The number of benzene rings is 2. The molecule has 2 aromatic carbocycles. The highest BCUT2D eigenvalue weighted by molar-refractivity contribution is 6.03. The molecule has 0 radical (unpaired) electrons. The number of amides is 1. The molecule has 0 saturated carbocycles. The van der Waals surface area contributed by atoms with E-state index in [-0.39, 0.29) is 11.6 Å². The van der Waals surface area contributed by atoms with E-state index >= 15 is 0 Å². The van der Waals surface area contributed by atoms with Crippen molar-refractivity contribution >= 4 is 23.1 Å². The summed E-state index contributed by atoms with van der Waals surface area (Å²) in [6, 6.07) is 16.4. The summed E-state index contributed by atoms with van der Waals surface area (Å²) in [4.78, 5) is 12.5. The zero-order chi connectivity index (χ0) is 19.9. The fourth-order valence-electron chi connectivity index (χ4n) is 2.71. The van der Waals surface area contributed by atoms with Crippen LogP contribution in [0.25, 0.3) is 0 Å². The molecule has 0 aliphatic carbocycles. The minimum absolute atomic E-state index is 0.231. The zero-order valence-electron chi connectivity index (χ0n) is 16.0. The van der Waals surface area contributed by atoms with Gasteiger partial charge < -0.3 is 20.1 Å². The predicted molar refractivity (Wildman–Crippen MR) is 109 cm³/mol.